The average Bonchev–Trinajstić information content (AvgIpc) is 3.16. The van der Waals surface area contributed by atoms with Crippen LogP contribution in [0.25, 0.3) is 10.9 Å². The van der Waals surface area contributed by atoms with Crippen molar-refractivity contribution in [3.05, 3.63) is 53.2 Å². The van der Waals surface area contributed by atoms with Gasteiger partial charge in [0, 0.05) is 23.0 Å². The van der Waals surface area contributed by atoms with E-state index in [0.717, 1.165) is 27.7 Å². The summed E-state index contributed by atoms with van der Waals surface area (Å²) in [4.78, 5) is 16.2. The van der Waals surface area contributed by atoms with E-state index in [1.54, 1.807) is 21.3 Å². The maximum Gasteiger partial charge on any atom is 0.323 e. The minimum atomic E-state index is -0.458. The number of nitrogens with one attached hydrogen (secondary N) is 2. The lowest BCUT2D eigenvalue weighted by Crippen LogP contribution is -2.45. The molecule has 0 aliphatic carbocycles. The number of hydrogen-bond acceptors (Lipinski definition) is 6. The van der Waals surface area contributed by atoms with Gasteiger partial charge in [-0.3, -0.25) is 10.1 Å². The fraction of sp³-hybridized carbons (Fsp3) is 0.348. The molecule has 0 saturated heterocycles. The third-order valence-corrected chi connectivity index (χ3v) is 5.50. The van der Waals surface area contributed by atoms with E-state index in [4.69, 9.17) is 18.9 Å². The van der Waals surface area contributed by atoms with E-state index in [9.17, 15) is 4.79 Å². The van der Waals surface area contributed by atoms with E-state index in [1.165, 1.54) is 0 Å². The molecule has 4 rings (SSSR count). The molecule has 0 radical (unpaired) electrons. The summed E-state index contributed by atoms with van der Waals surface area (Å²) in [5, 5.41) is 4.57. The number of ether oxygens (including phenoxy) is 4. The van der Waals surface area contributed by atoms with Crippen molar-refractivity contribution in [2.45, 2.75) is 25.4 Å². The Labute approximate surface area is 175 Å². The molecule has 30 heavy (non-hydrogen) atoms. The van der Waals surface area contributed by atoms with Gasteiger partial charge in [0.25, 0.3) is 0 Å². The van der Waals surface area contributed by atoms with Gasteiger partial charge in [0.05, 0.1) is 34.0 Å². The van der Waals surface area contributed by atoms with Gasteiger partial charge in [-0.15, -0.1) is 0 Å². The number of esters is 1. The highest BCUT2D eigenvalue weighted by Gasteiger charge is 2.35. The standard InChI is InChI=1S/C23H26N2O5/c1-5-30-23(26)17-12-15-14-8-6-7-9-16(14)24-21(15)20(25-17)13-10-18(27-2)22(29-4)19(11-13)28-3/h6-11,17,20,24-25H,5,12H2,1-4H3/t17-,20?/m0/s1. The van der Waals surface area contributed by atoms with Crippen molar-refractivity contribution in [1.82, 2.24) is 10.3 Å². The molecule has 2 heterocycles. The number of fused-ring (bicyclic) bond motifs is 3. The first-order valence-corrected chi connectivity index (χ1v) is 9.93. The molecule has 0 saturated carbocycles. The predicted molar refractivity (Wildman–Crippen MR) is 114 cm³/mol. The van der Waals surface area contributed by atoms with Gasteiger partial charge < -0.3 is 23.9 Å². The number of carbonyl (C=O) groups is 1. The second kappa shape index (κ2) is 8.28. The van der Waals surface area contributed by atoms with Gasteiger partial charge in [0.15, 0.2) is 11.5 Å². The second-order valence-corrected chi connectivity index (χ2v) is 7.13. The van der Waals surface area contributed by atoms with Crippen LogP contribution in [-0.2, 0) is 16.0 Å². The van der Waals surface area contributed by atoms with Crippen molar-refractivity contribution in [2.24, 2.45) is 0 Å². The molecule has 2 atom stereocenters. The van der Waals surface area contributed by atoms with Gasteiger partial charge in [-0.1, -0.05) is 18.2 Å². The third-order valence-electron chi connectivity index (χ3n) is 5.50. The first kappa shape index (κ1) is 20.1. The molecule has 1 aromatic heterocycles. The normalized spacial score (nSPS) is 18.0. The van der Waals surface area contributed by atoms with Gasteiger partial charge in [-0.25, -0.2) is 0 Å². The Balaban J connectivity index is 1.87. The summed E-state index contributed by atoms with van der Waals surface area (Å²) < 4.78 is 21.8. The summed E-state index contributed by atoms with van der Waals surface area (Å²) in [7, 11) is 4.75. The van der Waals surface area contributed by atoms with E-state index in [-0.39, 0.29) is 12.0 Å². The Morgan fingerprint density at radius 3 is 2.40 bits per heavy atom. The number of methoxy groups -OCH3 is 3. The van der Waals surface area contributed by atoms with Crippen LogP contribution in [0.3, 0.4) is 0 Å². The monoisotopic (exact) mass is 410 g/mol. The summed E-state index contributed by atoms with van der Waals surface area (Å²) in [6.07, 6.45) is 0.555. The number of para-hydroxylation sites is 1. The van der Waals surface area contributed by atoms with Crippen molar-refractivity contribution < 1.29 is 23.7 Å². The smallest absolute Gasteiger partial charge is 0.323 e. The first-order valence-electron chi connectivity index (χ1n) is 9.93. The number of aromatic amines is 1. The number of benzene rings is 2. The Morgan fingerprint density at radius 1 is 1.07 bits per heavy atom. The predicted octanol–water partition coefficient (Wildman–Crippen LogP) is 3.36. The summed E-state index contributed by atoms with van der Waals surface area (Å²) in [5.41, 5.74) is 4.06. The molecule has 0 fully saturated rings. The summed E-state index contributed by atoms with van der Waals surface area (Å²) in [6, 6.07) is 11.2. The highest BCUT2D eigenvalue weighted by molar-refractivity contribution is 5.87. The zero-order chi connectivity index (χ0) is 21.3. The first-order chi connectivity index (χ1) is 14.6. The zero-order valence-electron chi connectivity index (χ0n) is 17.6. The number of rotatable bonds is 6. The van der Waals surface area contributed by atoms with Gasteiger partial charge in [0.1, 0.15) is 6.04 Å². The van der Waals surface area contributed by atoms with Crippen molar-refractivity contribution >= 4 is 16.9 Å². The highest BCUT2D eigenvalue weighted by atomic mass is 16.5. The summed E-state index contributed by atoms with van der Waals surface area (Å²) in [6.45, 7) is 2.15. The Bertz CT molecular complexity index is 1050. The maximum absolute atomic E-state index is 12.6. The van der Waals surface area contributed by atoms with Crippen LogP contribution in [0.4, 0.5) is 0 Å². The molecule has 7 heteroatoms. The molecule has 3 aromatic rings. The Hall–Kier alpha value is -3.19. The van der Waals surface area contributed by atoms with Crippen LogP contribution in [0.1, 0.15) is 29.8 Å². The molecule has 2 N–H and O–H groups in total. The van der Waals surface area contributed by atoms with Gasteiger partial charge in [-0.05, 0) is 36.2 Å². The molecule has 0 bridgehead atoms. The van der Waals surface area contributed by atoms with E-state index >= 15 is 0 Å². The van der Waals surface area contributed by atoms with Crippen LogP contribution >= 0.6 is 0 Å². The van der Waals surface area contributed by atoms with Crippen LogP contribution < -0.4 is 19.5 Å². The zero-order valence-corrected chi connectivity index (χ0v) is 17.6. The van der Waals surface area contributed by atoms with Crippen molar-refractivity contribution in [3.63, 3.8) is 0 Å². The van der Waals surface area contributed by atoms with Crippen LogP contribution in [0.5, 0.6) is 17.2 Å². The van der Waals surface area contributed by atoms with Gasteiger partial charge in [0.2, 0.25) is 5.75 Å². The van der Waals surface area contributed by atoms with E-state index in [0.29, 0.717) is 30.3 Å². The molecule has 1 unspecified atom stereocenters. The Kier molecular flexibility index (Phi) is 5.55. The molecule has 7 nitrogen and oxygen atoms in total. The lowest BCUT2D eigenvalue weighted by molar-refractivity contribution is -0.146. The number of H-pyrrole nitrogens is 1. The van der Waals surface area contributed by atoms with E-state index in [2.05, 4.69) is 16.4 Å². The van der Waals surface area contributed by atoms with Crippen molar-refractivity contribution in [3.8, 4) is 17.2 Å². The van der Waals surface area contributed by atoms with Crippen molar-refractivity contribution in [1.29, 1.82) is 0 Å². The minimum absolute atomic E-state index is 0.258. The van der Waals surface area contributed by atoms with Gasteiger partial charge >= 0.3 is 5.97 Å². The molecular weight excluding hydrogens is 384 g/mol. The summed E-state index contributed by atoms with van der Waals surface area (Å²) in [5.74, 6) is 1.39. The quantitative estimate of drug-likeness (QED) is 0.607. The second-order valence-electron chi connectivity index (χ2n) is 7.13. The SMILES string of the molecule is CCOC(=O)[C@@H]1Cc2c([nH]c3ccccc23)C(c2cc(OC)c(OC)c(OC)c2)N1. The number of hydrogen-bond donors (Lipinski definition) is 2. The fourth-order valence-corrected chi connectivity index (χ4v) is 4.16. The van der Waals surface area contributed by atoms with E-state index in [1.807, 2.05) is 37.3 Å². The van der Waals surface area contributed by atoms with Crippen LogP contribution in [0.15, 0.2) is 36.4 Å². The minimum Gasteiger partial charge on any atom is -0.493 e. The van der Waals surface area contributed by atoms with Crippen LogP contribution in [0.2, 0.25) is 0 Å². The van der Waals surface area contributed by atoms with Crippen LogP contribution in [-0.4, -0.2) is 44.9 Å². The lowest BCUT2D eigenvalue weighted by Gasteiger charge is -2.31. The summed E-state index contributed by atoms with van der Waals surface area (Å²) >= 11 is 0. The molecule has 1 aliphatic heterocycles. The van der Waals surface area contributed by atoms with Crippen LogP contribution in [0, 0.1) is 0 Å². The van der Waals surface area contributed by atoms with Crippen molar-refractivity contribution in [2.75, 3.05) is 27.9 Å². The maximum atomic E-state index is 12.6. The molecule has 158 valence electrons. The average molecular weight is 410 g/mol. The van der Waals surface area contributed by atoms with Gasteiger partial charge in [-0.2, -0.15) is 0 Å². The molecule has 2 aromatic carbocycles. The Morgan fingerprint density at radius 2 is 1.77 bits per heavy atom. The van der Waals surface area contributed by atoms with E-state index < -0.39 is 6.04 Å². The number of carbonyl (C=O) groups excluding carboxylic acids is 1. The highest BCUT2D eigenvalue weighted by Crippen LogP contribution is 2.43. The molecule has 0 amide bonds. The fourth-order valence-electron chi connectivity index (χ4n) is 4.16. The largest absolute Gasteiger partial charge is 0.493 e. The molecule has 0 spiro atoms. The lowest BCUT2D eigenvalue weighted by atomic mass is 9.90. The number of aromatic nitrogens is 1. The molecule has 1 aliphatic rings. The topological polar surface area (TPSA) is 81.8 Å². The third kappa shape index (κ3) is 3.35. The molecular formula is C23H26N2O5.